The molecule has 0 aliphatic carbocycles. The largest absolute Gasteiger partial charge is 0.343 e. The molecule has 0 unspecified atom stereocenters. The number of piperidine rings is 1. The first-order chi connectivity index (χ1) is 8.69. The highest BCUT2D eigenvalue weighted by atomic mass is 16.2. The van der Waals surface area contributed by atoms with E-state index >= 15 is 0 Å². The van der Waals surface area contributed by atoms with Crippen molar-refractivity contribution < 1.29 is 4.79 Å². The SMILES string of the molecule is CCCCCCC(=O)N1CCC(N(C)CC)CC1. The minimum absolute atomic E-state index is 0.378. The second-order valence-corrected chi connectivity index (χ2v) is 5.50. The summed E-state index contributed by atoms with van der Waals surface area (Å²) in [4.78, 5) is 16.5. The summed E-state index contributed by atoms with van der Waals surface area (Å²) in [7, 11) is 2.19. The standard InChI is InChI=1S/C15H30N2O/c1-4-6-7-8-9-15(18)17-12-10-14(11-13-17)16(3)5-2/h14H,4-13H2,1-3H3. The first-order valence-corrected chi connectivity index (χ1v) is 7.67. The predicted octanol–water partition coefficient (Wildman–Crippen LogP) is 2.90. The topological polar surface area (TPSA) is 23.6 Å². The second kappa shape index (κ2) is 8.52. The third-order valence-corrected chi connectivity index (χ3v) is 4.18. The molecule has 0 atom stereocenters. The lowest BCUT2D eigenvalue weighted by molar-refractivity contribution is -0.132. The summed E-state index contributed by atoms with van der Waals surface area (Å²) in [5.41, 5.74) is 0. The van der Waals surface area contributed by atoms with Gasteiger partial charge in [0.15, 0.2) is 0 Å². The number of hydrogen-bond donors (Lipinski definition) is 0. The average Bonchev–Trinajstić information content (AvgIpc) is 2.42. The molecule has 0 aromatic heterocycles. The van der Waals surface area contributed by atoms with Gasteiger partial charge in [-0.2, -0.15) is 0 Å². The fourth-order valence-corrected chi connectivity index (χ4v) is 2.68. The molecule has 3 nitrogen and oxygen atoms in total. The number of amides is 1. The van der Waals surface area contributed by atoms with Crippen LogP contribution in [0.15, 0.2) is 0 Å². The van der Waals surface area contributed by atoms with Gasteiger partial charge < -0.3 is 9.80 Å². The normalized spacial score (nSPS) is 17.4. The molecule has 1 heterocycles. The van der Waals surface area contributed by atoms with Gasteiger partial charge in [0.2, 0.25) is 5.91 Å². The molecule has 0 aromatic rings. The molecule has 0 spiro atoms. The summed E-state index contributed by atoms with van der Waals surface area (Å²) >= 11 is 0. The van der Waals surface area contributed by atoms with E-state index in [1.54, 1.807) is 0 Å². The van der Waals surface area contributed by atoms with Crippen molar-refractivity contribution in [3.63, 3.8) is 0 Å². The van der Waals surface area contributed by atoms with Gasteiger partial charge in [0.05, 0.1) is 0 Å². The van der Waals surface area contributed by atoms with Crippen LogP contribution in [0.25, 0.3) is 0 Å². The molecule has 0 N–H and O–H groups in total. The number of hydrogen-bond acceptors (Lipinski definition) is 2. The lowest BCUT2D eigenvalue weighted by Crippen LogP contribution is -2.45. The van der Waals surface area contributed by atoms with Crippen molar-refractivity contribution in [2.24, 2.45) is 0 Å². The number of unbranched alkanes of at least 4 members (excludes halogenated alkanes) is 3. The van der Waals surface area contributed by atoms with E-state index in [9.17, 15) is 4.79 Å². The minimum atomic E-state index is 0.378. The quantitative estimate of drug-likeness (QED) is 0.652. The van der Waals surface area contributed by atoms with Crippen LogP contribution in [0.2, 0.25) is 0 Å². The highest BCUT2D eigenvalue weighted by molar-refractivity contribution is 5.76. The van der Waals surface area contributed by atoms with Gasteiger partial charge in [-0.3, -0.25) is 4.79 Å². The third-order valence-electron chi connectivity index (χ3n) is 4.18. The molecule has 0 radical (unpaired) electrons. The highest BCUT2D eigenvalue weighted by Gasteiger charge is 2.23. The summed E-state index contributed by atoms with van der Waals surface area (Å²) in [6, 6.07) is 0.680. The van der Waals surface area contributed by atoms with Gasteiger partial charge in [-0.25, -0.2) is 0 Å². The molecule has 1 saturated heterocycles. The lowest BCUT2D eigenvalue weighted by atomic mass is 10.0. The fraction of sp³-hybridized carbons (Fsp3) is 0.933. The maximum Gasteiger partial charge on any atom is 0.222 e. The molecule has 0 saturated carbocycles. The van der Waals surface area contributed by atoms with Crippen LogP contribution >= 0.6 is 0 Å². The molecule has 1 aliphatic rings. The van der Waals surface area contributed by atoms with Crippen LogP contribution in [0.5, 0.6) is 0 Å². The second-order valence-electron chi connectivity index (χ2n) is 5.50. The molecule has 0 bridgehead atoms. The van der Waals surface area contributed by atoms with Gasteiger partial charge in [-0.1, -0.05) is 33.1 Å². The van der Waals surface area contributed by atoms with E-state index in [4.69, 9.17) is 0 Å². The Morgan fingerprint density at radius 1 is 1.17 bits per heavy atom. The van der Waals surface area contributed by atoms with Crippen molar-refractivity contribution in [1.29, 1.82) is 0 Å². The monoisotopic (exact) mass is 254 g/mol. The molecular weight excluding hydrogens is 224 g/mol. The van der Waals surface area contributed by atoms with Crippen LogP contribution in [0.1, 0.15) is 58.8 Å². The molecule has 1 aliphatic heterocycles. The van der Waals surface area contributed by atoms with E-state index in [1.165, 1.54) is 19.3 Å². The van der Waals surface area contributed by atoms with Gasteiger partial charge in [0, 0.05) is 25.6 Å². The van der Waals surface area contributed by atoms with Crippen molar-refractivity contribution in [1.82, 2.24) is 9.80 Å². The van der Waals surface area contributed by atoms with Gasteiger partial charge in [-0.15, -0.1) is 0 Å². The van der Waals surface area contributed by atoms with Gasteiger partial charge in [-0.05, 0) is 32.9 Å². The predicted molar refractivity (Wildman–Crippen MR) is 76.7 cm³/mol. The van der Waals surface area contributed by atoms with Crippen LogP contribution in [0.4, 0.5) is 0 Å². The third kappa shape index (κ3) is 4.97. The molecule has 1 rings (SSSR count). The highest BCUT2D eigenvalue weighted by Crippen LogP contribution is 2.16. The smallest absolute Gasteiger partial charge is 0.222 e. The summed E-state index contributed by atoms with van der Waals surface area (Å²) in [5.74, 6) is 0.378. The molecular formula is C15H30N2O. The van der Waals surface area contributed by atoms with Crippen molar-refractivity contribution in [3.8, 4) is 0 Å². The van der Waals surface area contributed by atoms with Crippen molar-refractivity contribution in [3.05, 3.63) is 0 Å². The van der Waals surface area contributed by atoms with E-state index < -0.39 is 0 Å². The van der Waals surface area contributed by atoms with Crippen molar-refractivity contribution in [2.45, 2.75) is 64.8 Å². The van der Waals surface area contributed by atoms with Crippen LogP contribution in [-0.4, -0.2) is 48.4 Å². The van der Waals surface area contributed by atoms with Crippen molar-refractivity contribution >= 4 is 5.91 Å². The summed E-state index contributed by atoms with van der Waals surface area (Å²) in [5, 5.41) is 0. The number of likely N-dealkylation sites (tertiary alicyclic amines) is 1. The molecule has 106 valence electrons. The van der Waals surface area contributed by atoms with Gasteiger partial charge in [0.25, 0.3) is 0 Å². The van der Waals surface area contributed by atoms with E-state index in [0.29, 0.717) is 11.9 Å². The number of carbonyl (C=O) groups is 1. The first kappa shape index (κ1) is 15.5. The minimum Gasteiger partial charge on any atom is -0.343 e. The molecule has 18 heavy (non-hydrogen) atoms. The Kier molecular flexibility index (Phi) is 7.33. The number of carbonyl (C=O) groups excluding carboxylic acids is 1. The Bertz CT molecular complexity index is 235. The summed E-state index contributed by atoms with van der Waals surface area (Å²) in [6.45, 7) is 7.43. The zero-order valence-electron chi connectivity index (χ0n) is 12.5. The maximum absolute atomic E-state index is 12.0. The average molecular weight is 254 g/mol. The maximum atomic E-state index is 12.0. The van der Waals surface area contributed by atoms with Crippen LogP contribution in [-0.2, 0) is 4.79 Å². The Morgan fingerprint density at radius 2 is 1.83 bits per heavy atom. The van der Waals surface area contributed by atoms with E-state index in [2.05, 4.69) is 30.7 Å². The Hall–Kier alpha value is -0.570. The number of nitrogens with zero attached hydrogens (tertiary/aromatic N) is 2. The van der Waals surface area contributed by atoms with Crippen LogP contribution in [0, 0.1) is 0 Å². The Labute approximate surface area is 113 Å². The van der Waals surface area contributed by atoms with E-state index in [0.717, 1.165) is 45.3 Å². The number of rotatable bonds is 7. The lowest BCUT2D eigenvalue weighted by Gasteiger charge is -2.36. The first-order valence-electron chi connectivity index (χ1n) is 7.67. The van der Waals surface area contributed by atoms with Crippen LogP contribution in [0.3, 0.4) is 0 Å². The van der Waals surface area contributed by atoms with Gasteiger partial charge in [0.1, 0.15) is 0 Å². The molecule has 1 fully saturated rings. The summed E-state index contributed by atoms with van der Waals surface area (Å²) in [6.07, 6.45) is 7.82. The Balaban J connectivity index is 2.19. The molecule has 3 heteroatoms. The summed E-state index contributed by atoms with van der Waals surface area (Å²) < 4.78 is 0. The van der Waals surface area contributed by atoms with E-state index in [-0.39, 0.29) is 0 Å². The van der Waals surface area contributed by atoms with Gasteiger partial charge >= 0.3 is 0 Å². The van der Waals surface area contributed by atoms with Crippen LogP contribution < -0.4 is 0 Å². The fourth-order valence-electron chi connectivity index (χ4n) is 2.68. The molecule has 1 amide bonds. The van der Waals surface area contributed by atoms with Crippen molar-refractivity contribution in [2.75, 3.05) is 26.7 Å². The van der Waals surface area contributed by atoms with E-state index in [1.807, 2.05) is 0 Å². The zero-order chi connectivity index (χ0) is 13.4. The molecule has 0 aromatic carbocycles. The zero-order valence-corrected chi connectivity index (χ0v) is 12.5. The Morgan fingerprint density at radius 3 is 2.39 bits per heavy atom.